The first-order valence-corrected chi connectivity index (χ1v) is 8.98. The van der Waals surface area contributed by atoms with E-state index in [2.05, 4.69) is 29.3 Å². The Hall–Kier alpha value is -1.10. The van der Waals surface area contributed by atoms with Crippen LogP contribution in [0.1, 0.15) is 24.0 Å². The standard InChI is InChI=1S/C19H29N3O.ClH/c1-16-4-2-3-5-18(16)14-19(23)22-12-10-21(11-13-22)15-17-6-8-20-9-7-17;/h2-5,17,20H,6-15H2,1H3;1H. The Morgan fingerprint density at radius 1 is 1.12 bits per heavy atom. The fourth-order valence-electron chi connectivity index (χ4n) is 3.69. The first-order valence-electron chi connectivity index (χ1n) is 8.98. The van der Waals surface area contributed by atoms with Crippen LogP contribution >= 0.6 is 12.4 Å². The Kier molecular flexibility index (Phi) is 7.53. The van der Waals surface area contributed by atoms with E-state index < -0.39 is 0 Å². The lowest BCUT2D eigenvalue weighted by molar-refractivity contribution is -0.132. The minimum absolute atomic E-state index is 0. The van der Waals surface area contributed by atoms with E-state index in [4.69, 9.17) is 0 Å². The predicted octanol–water partition coefficient (Wildman–Crippen LogP) is 2.10. The summed E-state index contributed by atoms with van der Waals surface area (Å²) >= 11 is 0. The van der Waals surface area contributed by atoms with Gasteiger partial charge in [-0.25, -0.2) is 0 Å². The summed E-state index contributed by atoms with van der Waals surface area (Å²) in [5.41, 5.74) is 2.38. The number of rotatable bonds is 4. The summed E-state index contributed by atoms with van der Waals surface area (Å²) in [5, 5.41) is 3.43. The molecule has 2 aliphatic rings. The van der Waals surface area contributed by atoms with Gasteiger partial charge in [-0.1, -0.05) is 24.3 Å². The van der Waals surface area contributed by atoms with E-state index in [0.717, 1.165) is 37.7 Å². The van der Waals surface area contributed by atoms with Crippen LogP contribution in [0, 0.1) is 12.8 Å². The second-order valence-electron chi connectivity index (χ2n) is 6.98. The van der Waals surface area contributed by atoms with Crippen LogP contribution in [0.5, 0.6) is 0 Å². The zero-order chi connectivity index (χ0) is 16.1. The van der Waals surface area contributed by atoms with Gasteiger partial charge in [0.2, 0.25) is 5.91 Å². The number of nitrogens with zero attached hydrogens (tertiary/aromatic N) is 2. The fraction of sp³-hybridized carbons (Fsp3) is 0.632. The predicted molar refractivity (Wildman–Crippen MR) is 101 cm³/mol. The van der Waals surface area contributed by atoms with Crippen molar-refractivity contribution in [2.45, 2.75) is 26.2 Å². The Morgan fingerprint density at radius 2 is 1.79 bits per heavy atom. The number of hydrogen-bond donors (Lipinski definition) is 1. The molecule has 2 heterocycles. The highest BCUT2D eigenvalue weighted by molar-refractivity contribution is 5.85. The largest absolute Gasteiger partial charge is 0.340 e. The van der Waals surface area contributed by atoms with Crippen LogP contribution in [-0.4, -0.2) is 61.5 Å². The Morgan fingerprint density at radius 3 is 2.46 bits per heavy atom. The molecule has 2 fully saturated rings. The van der Waals surface area contributed by atoms with E-state index in [9.17, 15) is 4.79 Å². The summed E-state index contributed by atoms with van der Waals surface area (Å²) in [7, 11) is 0. The lowest BCUT2D eigenvalue weighted by atomic mass is 9.97. The van der Waals surface area contributed by atoms with E-state index in [1.807, 2.05) is 17.0 Å². The number of piperidine rings is 1. The van der Waals surface area contributed by atoms with Gasteiger partial charge in [-0.05, 0) is 49.9 Å². The minimum Gasteiger partial charge on any atom is -0.340 e. The van der Waals surface area contributed by atoms with Gasteiger partial charge in [-0.3, -0.25) is 9.69 Å². The lowest BCUT2D eigenvalue weighted by Gasteiger charge is -2.37. The molecule has 0 unspecified atom stereocenters. The summed E-state index contributed by atoms with van der Waals surface area (Å²) in [4.78, 5) is 17.1. The van der Waals surface area contributed by atoms with Crippen molar-refractivity contribution in [2.75, 3.05) is 45.8 Å². The quantitative estimate of drug-likeness (QED) is 0.902. The van der Waals surface area contributed by atoms with Gasteiger partial charge in [0, 0.05) is 32.7 Å². The average Bonchev–Trinajstić information content (AvgIpc) is 2.58. The van der Waals surface area contributed by atoms with E-state index in [-0.39, 0.29) is 18.3 Å². The van der Waals surface area contributed by atoms with E-state index in [0.29, 0.717) is 6.42 Å². The maximum absolute atomic E-state index is 12.5. The molecule has 5 heteroatoms. The Balaban J connectivity index is 0.00000208. The molecular weight excluding hydrogens is 322 g/mol. The van der Waals surface area contributed by atoms with Crippen molar-refractivity contribution in [2.24, 2.45) is 5.92 Å². The molecule has 0 atom stereocenters. The van der Waals surface area contributed by atoms with Gasteiger partial charge in [0.15, 0.2) is 0 Å². The van der Waals surface area contributed by atoms with Crippen LogP contribution < -0.4 is 5.32 Å². The first-order chi connectivity index (χ1) is 11.2. The second kappa shape index (κ2) is 9.40. The Bertz CT molecular complexity index is 523. The lowest BCUT2D eigenvalue weighted by Crippen LogP contribution is -2.50. The summed E-state index contributed by atoms with van der Waals surface area (Å²) in [6, 6.07) is 8.20. The Labute approximate surface area is 152 Å². The van der Waals surface area contributed by atoms with Crippen molar-refractivity contribution in [1.29, 1.82) is 0 Å². The number of benzene rings is 1. The summed E-state index contributed by atoms with van der Waals surface area (Å²) in [6.07, 6.45) is 3.14. The van der Waals surface area contributed by atoms with Crippen molar-refractivity contribution in [3.8, 4) is 0 Å². The van der Waals surface area contributed by atoms with Gasteiger partial charge in [0.05, 0.1) is 6.42 Å². The molecule has 1 N–H and O–H groups in total. The molecular formula is C19H30ClN3O. The number of carbonyl (C=O) groups is 1. The third-order valence-corrected chi connectivity index (χ3v) is 5.30. The monoisotopic (exact) mass is 351 g/mol. The van der Waals surface area contributed by atoms with Gasteiger partial charge >= 0.3 is 0 Å². The molecule has 0 aliphatic carbocycles. The molecule has 1 amide bonds. The molecule has 0 spiro atoms. The third kappa shape index (κ3) is 5.20. The van der Waals surface area contributed by atoms with E-state index >= 15 is 0 Å². The van der Waals surface area contributed by atoms with Crippen molar-refractivity contribution in [3.63, 3.8) is 0 Å². The van der Waals surface area contributed by atoms with E-state index in [1.165, 1.54) is 38.0 Å². The molecule has 0 saturated carbocycles. The average molecular weight is 352 g/mol. The SMILES string of the molecule is Cc1ccccc1CC(=O)N1CCN(CC2CCNCC2)CC1.Cl. The molecule has 1 aromatic carbocycles. The van der Waals surface area contributed by atoms with Crippen molar-refractivity contribution in [1.82, 2.24) is 15.1 Å². The molecule has 4 nitrogen and oxygen atoms in total. The molecule has 3 rings (SSSR count). The third-order valence-electron chi connectivity index (χ3n) is 5.30. The number of amides is 1. The molecule has 1 aromatic rings. The first kappa shape index (κ1) is 19.2. The maximum Gasteiger partial charge on any atom is 0.227 e. The van der Waals surface area contributed by atoms with Gasteiger partial charge in [-0.2, -0.15) is 0 Å². The zero-order valence-corrected chi connectivity index (χ0v) is 15.5. The summed E-state index contributed by atoms with van der Waals surface area (Å²) < 4.78 is 0. The van der Waals surface area contributed by atoms with Crippen LogP contribution in [0.25, 0.3) is 0 Å². The molecule has 0 bridgehead atoms. The van der Waals surface area contributed by atoms with Crippen molar-refractivity contribution in [3.05, 3.63) is 35.4 Å². The molecule has 0 aromatic heterocycles. The summed E-state index contributed by atoms with van der Waals surface area (Å²) in [5.74, 6) is 1.12. The number of piperazine rings is 1. The maximum atomic E-state index is 12.5. The van der Waals surface area contributed by atoms with Gasteiger partial charge in [-0.15, -0.1) is 12.4 Å². The normalized spacial score (nSPS) is 19.8. The van der Waals surface area contributed by atoms with Crippen molar-refractivity contribution >= 4 is 18.3 Å². The van der Waals surface area contributed by atoms with Crippen LogP contribution in [-0.2, 0) is 11.2 Å². The highest BCUT2D eigenvalue weighted by Gasteiger charge is 2.24. The molecule has 0 radical (unpaired) electrons. The zero-order valence-electron chi connectivity index (χ0n) is 14.7. The highest BCUT2D eigenvalue weighted by atomic mass is 35.5. The van der Waals surface area contributed by atoms with Gasteiger partial charge in [0.1, 0.15) is 0 Å². The number of hydrogen-bond acceptors (Lipinski definition) is 3. The number of aryl methyl sites for hydroxylation is 1. The second-order valence-corrected chi connectivity index (χ2v) is 6.98. The summed E-state index contributed by atoms with van der Waals surface area (Å²) in [6.45, 7) is 9.46. The molecule has 2 saturated heterocycles. The minimum atomic E-state index is 0. The number of carbonyl (C=O) groups excluding carboxylic acids is 1. The van der Waals surface area contributed by atoms with Crippen LogP contribution in [0.4, 0.5) is 0 Å². The smallest absolute Gasteiger partial charge is 0.227 e. The van der Waals surface area contributed by atoms with Gasteiger partial charge < -0.3 is 10.2 Å². The molecule has 2 aliphatic heterocycles. The molecule has 24 heavy (non-hydrogen) atoms. The molecule has 134 valence electrons. The topological polar surface area (TPSA) is 35.6 Å². The van der Waals surface area contributed by atoms with E-state index in [1.54, 1.807) is 0 Å². The van der Waals surface area contributed by atoms with Crippen LogP contribution in [0.3, 0.4) is 0 Å². The highest BCUT2D eigenvalue weighted by Crippen LogP contribution is 2.16. The van der Waals surface area contributed by atoms with Crippen LogP contribution in [0.15, 0.2) is 24.3 Å². The van der Waals surface area contributed by atoms with Crippen molar-refractivity contribution < 1.29 is 4.79 Å². The number of nitrogens with one attached hydrogen (secondary N) is 1. The van der Waals surface area contributed by atoms with Crippen LogP contribution in [0.2, 0.25) is 0 Å². The number of halogens is 1. The van der Waals surface area contributed by atoms with Gasteiger partial charge in [0.25, 0.3) is 0 Å². The fourth-order valence-corrected chi connectivity index (χ4v) is 3.69.